The van der Waals surface area contributed by atoms with E-state index in [0.29, 0.717) is 11.4 Å². The minimum absolute atomic E-state index is 0.0600. The van der Waals surface area contributed by atoms with Crippen molar-refractivity contribution in [1.29, 1.82) is 0 Å². The highest BCUT2D eigenvalue weighted by Crippen LogP contribution is 2.26. The standard InChI is InChI=1S/C23H25N5O3S/c1-26-8-10-27(11-9-26)15-17-4-2-5-18(12-17)23-25-20(16-32-23)14-22(29)24-19-6-3-7-21(13-19)28(30)31/h2-7,12-13,16H,8-11,14-15H2,1H3,(H,24,29). The van der Waals surface area contributed by atoms with Crippen molar-refractivity contribution in [3.63, 3.8) is 0 Å². The monoisotopic (exact) mass is 451 g/mol. The first-order valence-electron chi connectivity index (χ1n) is 10.5. The molecule has 1 saturated heterocycles. The van der Waals surface area contributed by atoms with E-state index in [1.165, 1.54) is 29.0 Å². The van der Waals surface area contributed by atoms with Crippen molar-refractivity contribution in [2.24, 2.45) is 0 Å². The number of nitro groups is 1. The molecule has 32 heavy (non-hydrogen) atoms. The Morgan fingerprint density at radius 3 is 2.72 bits per heavy atom. The third kappa shape index (κ3) is 5.76. The maximum absolute atomic E-state index is 12.4. The van der Waals surface area contributed by atoms with E-state index in [0.717, 1.165) is 43.3 Å². The summed E-state index contributed by atoms with van der Waals surface area (Å²) in [6.07, 6.45) is 0.111. The summed E-state index contributed by atoms with van der Waals surface area (Å²) in [5.74, 6) is -0.258. The van der Waals surface area contributed by atoms with Crippen LogP contribution in [0.2, 0.25) is 0 Å². The number of carbonyl (C=O) groups excluding carboxylic acids is 1. The van der Waals surface area contributed by atoms with Crippen LogP contribution in [0.4, 0.5) is 11.4 Å². The molecule has 4 rings (SSSR count). The van der Waals surface area contributed by atoms with Gasteiger partial charge in [-0.1, -0.05) is 24.3 Å². The Bertz CT molecular complexity index is 1110. The van der Waals surface area contributed by atoms with Crippen LogP contribution in [0, 0.1) is 10.1 Å². The van der Waals surface area contributed by atoms with E-state index in [-0.39, 0.29) is 18.0 Å². The van der Waals surface area contributed by atoms with E-state index < -0.39 is 4.92 Å². The van der Waals surface area contributed by atoms with Gasteiger partial charge in [0.05, 0.1) is 17.0 Å². The molecule has 2 heterocycles. The summed E-state index contributed by atoms with van der Waals surface area (Å²) >= 11 is 1.51. The summed E-state index contributed by atoms with van der Waals surface area (Å²) in [6.45, 7) is 5.25. The van der Waals surface area contributed by atoms with Crippen LogP contribution < -0.4 is 5.32 Å². The van der Waals surface area contributed by atoms with Crippen LogP contribution in [0.15, 0.2) is 53.9 Å². The number of nitro benzene ring substituents is 1. The quantitative estimate of drug-likeness (QED) is 0.436. The van der Waals surface area contributed by atoms with E-state index in [1.54, 1.807) is 12.1 Å². The summed E-state index contributed by atoms with van der Waals surface area (Å²) in [5.41, 5.74) is 3.32. The van der Waals surface area contributed by atoms with Crippen molar-refractivity contribution in [2.75, 3.05) is 38.5 Å². The average molecular weight is 452 g/mol. The molecule has 0 spiro atoms. The summed E-state index contributed by atoms with van der Waals surface area (Å²) in [6, 6.07) is 14.3. The molecule has 1 aromatic heterocycles. The fourth-order valence-corrected chi connectivity index (χ4v) is 4.47. The Kier molecular flexibility index (Phi) is 6.89. The van der Waals surface area contributed by atoms with Gasteiger partial charge in [-0.25, -0.2) is 4.98 Å². The Morgan fingerprint density at radius 1 is 1.16 bits per heavy atom. The van der Waals surface area contributed by atoms with Gasteiger partial charge in [-0.05, 0) is 24.7 Å². The number of likely N-dealkylation sites (N-methyl/N-ethyl adjacent to an activating group) is 1. The largest absolute Gasteiger partial charge is 0.325 e. The SMILES string of the molecule is CN1CCN(Cc2cccc(-c3nc(CC(=O)Nc4cccc([N+](=O)[O-])c4)cs3)c2)CC1. The van der Waals surface area contributed by atoms with Crippen molar-refractivity contribution in [1.82, 2.24) is 14.8 Å². The number of non-ortho nitro benzene ring substituents is 1. The maximum atomic E-state index is 12.4. The second-order valence-electron chi connectivity index (χ2n) is 7.96. The highest BCUT2D eigenvalue weighted by atomic mass is 32.1. The van der Waals surface area contributed by atoms with Gasteiger partial charge in [-0.3, -0.25) is 19.8 Å². The molecule has 8 nitrogen and oxygen atoms in total. The van der Waals surface area contributed by atoms with E-state index in [9.17, 15) is 14.9 Å². The molecule has 1 N–H and O–H groups in total. The molecule has 3 aromatic rings. The second kappa shape index (κ2) is 9.99. The molecular weight excluding hydrogens is 426 g/mol. The lowest BCUT2D eigenvalue weighted by Crippen LogP contribution is -2.43. The van der Waals surface area contributed by atoms with Gasteiger partial charge in [0.25, 0.3) is 5.69 Å². The topological polar surface area (TPSA) is 91.6 Å². The fourth-order valence-electron chi connectivity index (χ4n) is 3.65. The van der Waals surface area contributed by atoms with Crippen LogP contribution >= 0.6 is 11.3 Å². The second-order valence-corrected chi connectivity index (χ2v) is 8.81. The third-order valence-electron chi connectivity index (χ3n) is 5.41. The number of aromatic nitrogens is 1. The summed E-state index contributed by atoms with van der Waals surface area (Å²) in [4.78, 5) is 32.2. The predicted octanol–water partition coefficient (Wildman–Crippen LogP) is 3.65. The molecule has 0 atom stereocenters. The zero-order valence-electron chi connectivity index (χ0n) is 17.9. The van der Waals surface area contributed by atoms with Crippen molar-refractivity contribution in [3.05, 3.63) is 75.3 Å². The van der Waals surface area contributed by atoms with Gasteiger partial charge in [-0.15, -0.1) is 11.3 Å². The summed E-state index contributed by atoms with van der Waals surface area (Å²) in [7, 11) is 2.15. The Labute approximate surface area is 190 Å². The maximum Gasteiger partial charge on any atom is 0.271 e. The number of carbonyl (C=O) groups is 1. The lowest BCUT2D eigenvalue weighted by molar-refractivity contribution is -0.384. The van der Waals surface area contributed by atoms with E-state index in [2.05, 4.69) is 45.3 Å². The zero-order valence-corrected chi connectivity index (χ0v) is 18.7. The molecule has 0 aliphatic carbocycles. The van der Waals surface area contributed by atoms with Crippen LogP contribution in [-0.2, 0) is 17.8 Å². The zero-order chi connectivity index (χ0) is 22.5. The number of piperazine rings is 1. The molecule has 2 aromatic carbocycles. The van der Waals surface area contributed by atoms with Crippen LogP contribution in [0.5, 0.6) is 0 Å². The smallest absolute Gasteiger partial charge is 0.271 e. The van der Waals surface area contributed by atoms with Crippen molar-refractivity contribution < 1.29 is 9.72 Å². The number of nitrogens with one attached hydrogen (secondary N) is 1. The molecular formula is C23H25N5O3S. The fraction of sp³-hybridized carbons (Fsp3) is 0.304. The van der Waals surface area contributed by atoms with Crippen molar-refractivity contribution in [3.8, 4) is 10.6 Å². The lowest BCUT2D eigenvalue weighted by atomic mass is 10.1. The van der Waals surface area contributed by atoms with Gasteiger partial charge in [-0.2, -0.15) is 0 Å². The van der Waals surface area contributed by atoms with Gasteiger partial charge in [0.2, 0.25) is 5.91 Å². The molecule has 9 heteroatoms. The lowest BCUT2D eigenvalue weighted by Gasteiger charge is -2.32. The number of anilines is 1. The minimum Gasteiger partial charge on any atom is -0.325 e. The van der Waals surface area contributed by atoms with Crippen LogP contribution in [0.3, 0.4) is 0 Å². The van der Waals surface area contributed by atoms with Crippen molar-refractivity contribution >= 4 is 28.6 Å². The molecule has 1 aliphatic rings. The first kappa shape index (κ1) is 22.1. The third-order valence-corrected chi connectivity index (χ3v) is 6.35. The van der Waals surface area contributed by atoms with Gasteiger partial charge < -0.3 is 10.2 Å². The number of nitrogens with zero attached hydrogens (tertiary/aromatic N) is 4. The molecule has 0 unspecified atom stereocenters. The minimum atomic E-state index is -0.486. The molecule has 0 saturated carbocycles. The van der Waals surface area contributed by atoms with Gasteiger partial charge in [0, 0.05) is 61.5 Å². The molecule has 0 radical (unpaired) electrons. The highest BCUT2D eigenvalue weighted by Gasteiger charge is 2.15. The van der Waals surface area contributed by atoms with Gasteiger partial charge in [0.15, 0.2) is 0 Å². The van der Waals surface area contributed by atoms with E-state index in [4.69, 9.17) is 0 Å². The molecule has 1 aliphatic heterocycles. The van der Waals surface area contributed by atoms with Crippen LogP contribution in [0.1, 0.15) is 11.3 Å². The predicted molar refractivity (Wildman–Crippen MR) is 126 cm³/mol. The number of thiazole rings is 1. The first-order chi connectivity index (χ1) is 15.5. The summed E-state index contributed by atoms with van der Waals surface area (Å²) < 4.78 is 0. The van der Waals surface area contributed by atoms with Gasteiger partial charge >= 0.3 is 0 Å². The van der Waals surface area contributed by atoms with Crippen LogP contribution in [0.25, 0.3) is 10.6 Å². The first-order valence-corrected chi connectivity index (χ1v) is 11.3. The molecule has 1 amide bonds. The Balaban J connectivity index is 1.37. The summed E-state index contributed by atoms with van der Waals surface area (Å²) in [5, 5.41) is 16.4. The Morgan fingerprint density at radius 2 is 1.94 bits per heavy atom. The number of benzene rings is 2. The average Bonchev–Trinajstić information content (AvgIpc) is 3.24. The Hall–Kier alpha value is -3.14. The molecule has 1 fully saturated rings. The molecule has 0 bridgehead atoms. The number of hydrogen-bond acceptors (Lipinski definition) is 7. The number of hydrogen-bond donors (Lipinski definition) is 1. The highest BCUT2D eigenvalue weighted by molar-refractivity contribution is 7.13. The van der Waals surface area contributed by atoms with E-state index in [1.807, 2.05) is 11.4 Å². The normalized spacial score (nSPS) is 14.9. The number of rotatable bonds is 7. The van der Waals surface area contributed by atoms with Crippen molar-refractivity contribution in [2.45, 2.75) is 13.0 Å². The van der Waals surface area contributed by atoms with Gasteiger partial charge in [0.1, 0.15) is 5.01 Å². The molecule has 166 valence electrons. The van der Waals surface area contributed by atoms with Crippen LogP contribution in [-0.4, -0.2) is 58.8 Å². The number of amides is 1. The van der Waals surface area contributed by atoms with E-state index >= 15 is 0 Å².